The first-order valence-electron chi connectivity index (χ1n) is 5.93. The number of rotatable bonds is 3. The van der Waals surface area contributed by atoms with Gasteiger partial charge in [0.2, 0.25) is 0 Å². The van der Waals surface area contributed by atoms with Gasteiger partial charge in [0.05, 0.1) is 17.6 Å². The molecule has 0 saturated carbocycles. The molecule has 0 bridgehead atoms. The maximum Gasteiger partial charge on any atom is 0.287 e. The molecule has 0 aliphatic carbocycles. The van der Waals surface area contributed by atoms with E-state index in [0.717, 1.165) is 16.9 Å². The minimum atomic E-state index is -0.215. The number of aryl methyl sites for hydroxylation is 1. The van der Waals surface area contributed by atoms with Crippen LogP contribution < -0.4 is 5.32 Å². The summed E-state index contributed by atoms with van der Waals surface area (Å²) in [5.41, 5.74) is 1.85. The highest BCUT2D eigenvalue weighted by Gasteiger charge is 2.11. The van der Waals surface area contributed by atoms with Crippen LogP contribution in [0.1, 0.15) is 16.4 Å². The third-order valence-electron chi connectivity index (χ3n) is 2.88. The second-order valence-electron chi connectivity index (χ2n) is 4.25. The van der Waals surface area contributed by atoms with Crippen LogP contribution in [0.15, 0.2) is 36.7 Å². The number of fused-ring (bicyclic) bond motifs is 1. The number of amides is 1. The van der Waals surface area contributed by atoms with Gasteiger partial charge < -0.3 is 14.9 Å². The molecule has 1 amide bonds. The highest BCUT2D eigenvalue weighted by atomic mass is 16.2. The molecule has 19 heavy (non-hydrogen) atoms. The summed E-state index contributed by atoms with van der Waals surface area (Å²) in [5.74, 6) is 0.896. The van der Waals surface area contributed by atoms with Crippen molar-refractivity contribution in [2.24, 2.45) is 7.05 Å². The lowest BCUT2D eigenvalue weighted by Gasteiger charge is -2.02. The van der Waals surface area contributed by atoms with Crippen molar-refractivity contribution in [1.29, 1.82) is 0 Å². The van der Waals surface area contributed by atoms with E-state index in [9.17, 15) is 4.79 Å². The first-order chi connectivity index (χ1) is 9.24. The van der Waals surface area contributed by atoms with Crippen LogP contribution >= 0.6 is 0 Å². The summed E-state index contributed by atoms with van der Waals surface area (Å²) in [6.07, 6.45) is 3.33. The Hall–Kier alpha value is -2.63. The first-order valence-corrected chi connectivity index (χ1v) is 5.93. The number of nitrogens with one attached hydrogen (secondary N) is 2. The Morgan fingerprint density at radius 3 is 3.00 bits per heavy atom. The van der Waals surface area contributed by atoms with Gasteiger partial charge >= 0.3 is 0 Å². The largest absolute Gasteiger partial charge is 0.342 e. The molecule has 0 unspecified atom stereocenters. The number of H-pyrrole nitrogens is 1. The van der Waals surface area contributed by atoms with Crippen LogP contribution in [0.5, 0.6) is 0 Å². The van der Waals surface area contributed by atoms with Gasteiger partial charge in [-0.05, 0) is 12.1 Å². The van der Waals surface area contributed by atoms with Crippen molar-refractivity contribution in [3.63, 3.8) is 0 Å². The molecule has 2 N–H and O–H groups in total. The second kappa shape index (κ2) is 4.56. The van der Waals surface area contributed by atoms with Gasteiger partial charge in [-0.15, -0.1) is 0 Å². The average Bonchev–Trinajstić information content (AvgIpc) is 3.01. The Labute approximate surface area is 109 Å². The molecular weight excluding hydrogens is 242 g/mol. The van der Waals surface area contributed by atoms with E-state index in [2.05, 4.69) is 20.3 Å². The third-order valence-corrected chi connectivity index (χ3v) is 2.88. The molecule has 2 aromatic heterocycles. The van der Waals surface area contributed by atoms with E-state index in [-0.39, 0.29) is 5.91 Å². The Balaban J connectivity index is 1.72. The molecule has 2 heterocycles. The second-order valence-corrected chi connectivity index (χ2v) is 4.25. The minimum Gasteiger partial charge on any atom is -0.342 e. The summed E-state index contributed by atoms with van der Waals surface area (Å²) >= 11 is 0. The Kier molecular flexibility index (Phi) is 2.75. The SMILES string of the molecule is Cn1ccnc1C(=O)NCc1nc2ccccc2[nH]1. The summed E-state index contributed by atoms with van der Waals surface area (Å²) in [5, 5.41) is 2.79. The van der Waals surface area contributed by atoms with Crippen LogP contribution in [0.25, 0.3) is 11.0 Å². The van der Waals surface area contributed by atoms with E-state index in [1.54, 1.807) is 24.0 Å². The number of hydrogen-bond donors (Lipinski definition) is 2. The fraction of sp³-hybridized carbons (Fsp3) is 0.154. The predicted octanol–water partition coefficient (Wildman–Crippen LogP) is 1.23. The van der Waals surface area contributed by atoms with Crippen molar-refractivity contribution < 1.29 is 4.79 Å². The van der Waals surface area contributed by atoms with Gasteiger partial charge in [0.15, 0.2) is 5.82 Å². The van der Waals surface area contributed by atoms with Gasteiger partial charge in [0.25, 0.3) is 5.91 Å². The minimum absolute atomic E-state index is 0.215. The van der Waals surface area contributed by atoms with Crippen molar-refractivity contribution in [3.05, 3.63) is 48.3 Å². The molecule has 0 atom stereocenters. The zero-order chi connectivity index (χ0) is 13.2. The lowest BCUT2D eigenvalue weighted by Crippen LogP contribution is -2.26. The van der Waals surface area contributed by atoms with Gasteiger partial charge in [0, 0.05) is 19.4 Å². The third kappa shape index (κ3) is 2.20. The Morgan fingerprint density at radius 1 is 1.42 bits per heavy atom. The molecule has 0 fully saturated rings. The molecule has 6 heteroatoms. The molecule has 0 aliphatic heterocycles. The van der Waals surface area contributed by atoms with Gasteiger partial charge in [-0.1, -0.05) is 12.1 Å². The summed E-state index contributed by atoms with van der Waals surface area (Å²) in [4.78, 5) is 23.4. The predicted molar refractivity (Wildman–Crippen MR) is 70.5 cm³/mol. The van der Waals surface area contributed by atoms with E-state index in [1.807, 2.05) is 24.3 Å². The molecule has 96 valence electrons. The van der Waals surface area contributed by atoms with Crippen molar-refractivity contribution in [2.75, 3.05) is 0 Å². The van der Waals surface area contributed by atoms with Crippen molar-refractivity contribution in [1.82, 2.24) is 24.8 Å². The lowest BCUT2D eigenvalue weighted by atomic mass is 10.3. The van der Waals surface area contributed by atoms with Crippen LogP contribution in [0.2, 0.25) is 0 Å². The number of nitrogens with zero attached hydrogens (tertiary/aromatic N) is 3. The van der Waals surface area contributed by atoms with Crippen molar-refractivity contribution >= 4 is 16.9 Å². The number of benzene rings is 1. The summed E-state index contributed by atoms with van der Waals surface area (Å²) in [6, 6.07) is 7.75. The normalized spacial score (nSPS) is 10.8. The number of para-hydroxylation sites is 2. The highest BCUT2D eigenvalue weighted by Crippen LogP contribution is 2.09. The topological polar surface area (TPSA) is 75.6 Å². The quantitative estimate of drug-likeness (QED) is 0.739. The maximum atomic E-state index is 11.9. The number of imidazole rings is 2. The zero-order valence-electron chi connectivity index (χ0n) is 10.4. The number of carbonyl (C=O) groups is 1. The van der Waals surface area contributed by atoms with Crippen molar-refractivity contribution in [3.8, 4) is 0 Å². The molecule has 0 radical (unpaired) electrons. The van der Waals surface area contributed by atoms with Crippen LogP contribution in [-0.4, -0.2) is 25.4 Å². The number of carbonyl (C=O) groups excluding carboxylic acids is 1. The van der Waals surface area contributed by atoms with E-state index in [0.29, 0.717) is 12.4 Å². The zero-order valence-corrected chi connectivity index (χ0v) is 10.4. The fourth-order valence-corrected chi connectivity index (χ4v) is 1.92. The molecular formula is C13H13N5O. The van der Waals surface area contributed by atoms with Crippen molar-refractivity contribution in [2.45, 2.75) is 6.54 Å². The molecule has 6 nitrogen and oxygen atoms in total. The maximum absolute atomic E-state index is 11.9. The Morgan fingerprint density at radius 2 is 2.26 bits per heavy atom. The van der Waals surface area contributed by atoms with E-state index < -0.39 is 0 Å². The summed E-state index contributed by atoms with van der Waals surface area (Å²) in [6.45, 7) is 0.348. The van der Waals surface area contributed by atoms with Crippen LogP contribution in [0.4, 0.5) is 0 Å². The molecule has 0 aliphatic rings. The van der Waals surface area contributed by atoms with Gasteiger partial charge in [-0.25, -0.2) is 9.97 Å². The monoisotopic (exact) mass is 255 g/mol. The van der Waals surface area contributed by atoms with Gasteiger partial charge in [-0.2, -0.15) is 0 Å². The molecule has 1 aromatic carbocycles. The summed E-state index contributed by atoms with van der Waals surface area (Å²) in [7, 11) is 1.78. The Bertz CT molecular complexity index is 694. The smallest absolute Gasteiger partial charge is 0.287 e. The number of aromatic amines is 1. The highest BCUT2D eigenvalue weighted by molar-refractivity contribution is 5.90. The van der Waals surface area contributed by atoms with Crippen LogP contribution in [0, 0.1) is 0 Å². The molecule has 0 saturated heterocycles. The average molecular weight is 255 g/mol. The number of hydrogen-bond acceptors (Lipinski definition) is 3. The lowest BCUT2D eigenvalue weighted by molar-refractivity contribution is 0.0936. The van der Waals surface area contributed by atoms with Gasteiger partial charge in [-0.3, -0.25) is 4.79 Å². The number of aromatic nitrogens is 4. The van der Waals surface area contributed by atoms with Crippen LogP contribution in [-0.2, 0) is 13.6 Å². The van der Waals surface area contributed by atoms with E-state index >= 15 is 0 Å². The first kappa shape index (κ1) is 11.5. The molecule has 0 spiro atoms. The summed E-state index contributed by atoms with van der Waals surface area (Å²) < 4.78 is 1.67. The van der Waals surface area contributed by atoms with E-state index in [1.165, 1.54) is 0 Å². The molecule has 3 rings (SSSR count). The molecule has 3 aromatic rings. The van der Waals surface area contributed by atoms with E-state index in [4.69, 9.17) is 0 Å². The fourth-order valence-electron chi connectivity index (χ4n) is 1.92. The standard InChI is InChI=1S/C13H13N5O/c1-18-7-6-14-12(18)13(19)15-8-11-16-9-4-2-3-5-10(9)17-11/h2-7H,8H2,1H3,(H,15,19)(H,16,17). The van der Waals surface area contributed by atoms with Gasteiger partial charge in [0.1, 0.15) is 5.82 Å². The van der Waals surface area contributed by atoms with Crippen LogP contribution in [0.3, 0.4) is 0 Å².